The van der Waals surface area contributed by atoms with Crippen molar-refractivity contribution in [2.45, 2.75) is 25.6 Å². The normalized spacial score (nSPS) is 20.2. The molecule has 0 aromatic heterocycles. The van der Waals surface area contributed by atoms with Crippen molar-refractivity contribution < 1.29 is 13.9 Å². The molecular weight excluding hydrogens is 309 g/mol. The Kier molecular flexibility index (Phi) is 6.71. The van der Waals surface area contributed by atoms with Crippen LogP contribution in [0.4, 0.5) is 4.39 Å². The summed E-state index contributed by atoms with van der Waals surface area (Å²) in [5.74, 6) is -0.231. The van der Waals surface area contributed by atoms with Gasteiger partial charge in [0.15, 0.2) is 0 Å². The van der Waals surface area contributed by atoms with Crippen LogP contribution in [-0.2, 0) is 16.1 Å². The molecule has 5 nitrogen and oxygen atoms in total. The summed E-state index contributed by atoms with van der Waals surface area (Å²) in [7, 11) is 5.80. The standard InChI is InChI=1S/C18H28FN3O2/c1-14(22-8-9-24-17(13-22)12-20(2)3)18(23)21(4)11-15-6-5-7-16(19)10-15/h5-7,10,14,17H,8-9,11-13H2,1-4H3/t14-,17-/m0/s1. The minimum Gasteiger partial charge on any atom is -0.374 e. The number of halogens is 1. The third-order valence-corrected chi connectivity index (χ3v) is 4.33. The predicted molar refractivity (Wildman–Crippen MR) is 92.2 cm³/mol. The number of hydrogen-bond donors (Lipinski definition) is 0. The highest BCUT2D eigenvalue weighted by Gasteiger charge is 2.29. The smallest absolute Gasteiger partial charge is 0.239 e. The third-order valence-electron chi connectivity index (χ3n) is 4.33. The molecule has 2 atom stereocenters. The summed E-state index contributed by atoms with van der Waals surface area (Å²) in [6.07, 6.45) is 0.123. The molecule has 1 aliphatic rings. The molecule has 0 saturated carbocycles. The maximum Gasteiger partial charge on any atom is 0.239 e. The van der Waals surface area contributed by atoms with E-state index in [-0.39, 0.29) is 23.9 Å². The molecule has 1 aliphatic heterocycles. The van der Waals surface area contributed by atoms with Crippen molar-refractivity contribution >= 4 is 5.91 Å². The number of carbonyl (C=O) groups is 1. The number of rotatable bonds is 6. The van der Waals surface area contributed by atoms with E-state index in [1.807, 2.05) is 27.1 Å². The summed E-state index contributed by atoms with van der Waals surface area (Å²) in [6.45, 7) is 5.33. The lowest BCUT2D eigenvalue weighted by atomic mass is 10.1. The zero-order valence-electron chi connectivity index (χ0n) is 15.0. The second-order valence-electron chi connectivity index (χ2n) is 6.75. The van der Waals surface area contributed by atoms with Crippen LogP contribution in [0.25, 0.3) is 0 Å². The number of likely N-dealkylation sites (N-methyl/N-ethyl adjacent to an activating group) is 2. The summed E-state index contributed by atoms with van der Waals surface area (Å²) in [5, 5.41) is 0. The molecule has 0 unspecified atom stereocenters. The Labute approximate surface area is 144 Å². The highest BCUT2D eigenvalue weighted by Crippen LogP contribution is 2.13. The van der Waals surface area contributed by atoms with Gasteiger partial charge in [-0.1, -0.05) is 12.1 Å². The average molecular weight is 337 g/mol. The van der Waals surface area contributed by atoms with Crippen LogP contribution in [0.15, 0.2) is 24.3 Å². The van der Waals surface area contributed by atoms with Gasteiger partial charge in [-0.2, -0.15) is 0 Å². The monoisotopic (exact) mass is 337 g/mol. The quantitative estimate of drug-likeness (QED) is 0.787. The molecule has 1 saturated heterocycles. The first-order valence-electron chi connectivity index (χ1n) is 8.36. The van der Waals surface area contributed by atoms with Gasteiger partial charge in [0.1, 0.15) is 5.82 Å². The van der Waals surface area contributed by atoms with Crippen LogP contribution >= 0.6 is 0 Å². The molecule has 0 bridgehead atoms. The molecular formula is C18H28FN3O2. The van der Waals surface area contributed by atoms with Gasteiger partial charge in [-0.25, -0.2) is 4.39 Å². The molecule has 6 heteroatoms. The van der Waals surface area contributed by atoms with Crippen molar-refractivity contribution in [2.75, 3.05) is 47.4 Å². The Morgan fingerprint density at radius 3 is 2.83 bits per heavy atom. The Balaban J connectivity index is 1.92. The van der Waals surface area contributed by atoms with Crippen molar-refractivity contribution in [1.82, 2.24) is 14.7 Å². The maximum atomic E-state index is 13.3. The lowest BCUT2D eigenvalue weighted by Crippen LogP contribution is -2.54. The van der Waals surface area contributed by atoms with E-state index < -0.39 is 0 Å². The second kappa shape index (κ2) is 8.55. The van der Waals surface area contributed by atoms with Crippen LogP contribution in [0.5, 0.6) is 0 Å². The van der Waals surface area contributed by atoms with E-state index in [9.17, 15) is 9.18 Å². The van der Waals surface area contributed by atoms with E-state index in [1.54, 1.807) is 18.0 Å². The van der Waals surface area contributed by atoms with Gasteiger partial charge in [0.2, 0.25) is 5.91 Å². The lowest BCUT2D eigenvalue weighted by molar-refractivity contribution is -0.139. The van der Waals surface area contributed by atoms with Crippen LogP contribution in [0.2, 0.25) is 0 Å². The van der Waals surface area contributed by atoms with Gasteiger partial charge in [-0.05, 0) is 38.7 Å². The molecule has 1 heterocycles. The van der Waals surface area contributed by atoms with Crippen LogP contribution < -0.4 is 0 Å². The van der Waals surface area contributed by atoms with E-state index >= 15 is 0 Å². The van der Waals surface area contributed by atoms with Crippen LogP contribution in [0, 0.1) is 5.82 Å². The molecule has 1 fully saturated rings. The summed E-state index contributed by atoms with van der Waals surface area (Å²) in [6, 6.07) is 6.17. The number of morpholine rings is 1. The Morgan fingerprint density at radius 2 is 2.17 bits per heavy atom. The van der Waals surface area contributed by atoms with E-state index in [0.717, 1.165) is 25.2 Å². The summed E-state index contributed by atoms with van der Waals surface area (Å²) in [5.41, 5.74) is 0.797. The molecule has 0 N–H and O–H groups in total. The molecule has 1 aromatic rings. The zero-order valence-corrected chi connectivity index (χ0v) is 15.0. The van der Waals surface area contributed by atoms with Gasteiger partial charge in [0.05, 0.1) is 18.8 Å². The van der Waals surface area contributed by atoms with Crippen LogP contribution in [-0.4, -0.2) is 80.1 Å². The van der Waals surface area contributed by atoms with E-state index in [1.165, 1.54) is 12.1 Å². The molecule has 1 aromatic carbocycles. The van der Waals surface area contributed by atoms with Gasteiger partial charge in [-0.3, -0.25) is 9.69 Å². The topological polar surface area (TPSA) is 36.0 Å². The number of benzene rings is 1. The summed E-state index contributed by atoms with van der Waals surface area (Å²) >= 11 is 0. The zero-order chi connectivity index (χ0) is 17.7. The molecule has 0 spiro atoms. The first kappa shape index (κ1) is 18.8. The van der Waals surface area contributed by atoms with Crippen molar-refractivity contribution in [3.8, 4) is 0 Å². The number of hydrogen-bond acceptors (Lipinski definition) is 4. The van der Waals surface area contributed by atoms with E-state index in [0.29, 0.717) is 13.2 Å². The summed E-state index contributed by atoms with van der Waals surface area (Å²) in [4.78, 5) is 18.6. The van der Waals surface area contributed by atoms with Gasteiger partial charge in [0, 0.05) is 33.2 Å². The van der Waals surface area contributed by atoms with Crippen molar-refractivity contribution in [3.63, 3.8) is 0 Å². The molecule has 0 radical (unpaired) electrons. The Morgan fingerprint density at radius 1 is 1.42 bits per heavy atom. The number of amides is 1. The number of ether oxygens (including phenoxy) is 1. The van der Waals surface area contributed by atoms with E-state index in [2.05, 4.69) is 9.80 Å². The molecule has 1 amide bonds. The Hall–Kier alpha value is -1.50. The third kappa shape index (κ3) is 5.26. The maximum absolute atomic E-state index is 13.3. The first-order valence-corrected chi connectivity index (χ1v) is 8.36. The molecule has 0 aliphatic carbocycles. The lowest BCUT2D eigenvalue weighted by Gasteiger charge is -2.38. The first-order chi connectivity index (χ1) is 11.4. The summed E-state index contributed by atoms with van der Waals surface area (Å²) < 4.78 is 19.1. The van der Waals surface area contributed by atoms with Gasteiger partial charge in [-0.15, -0.1) is 0 Å². The molecule has 134 valence electrons. The highest BCUT2D eigenvalue weighted by atomic mass is 19.1. The van der Waals surface area contributed by atoms with Gasteiger partial charge < -0.3 is 14.5 Å². The van der Waals surface area contributed by atoms with Crippen LogP contribution in [0.1, 0.15) is 12.5 Å². The Bertz CT molecular complexity index is 553. The van der Waals surface area contributed by atoms with Crippen LogP contribution in [0.3, 0.4) is 0 Å². The molecule has 24 heavy (non-hydrogen) atoms. The minimum absolute atomic E-state index is 0.0461. The second-order valence-corrected chi connectivity index (χ2v) is 6.75. The fourth-order valence-corrected chi connectivity index (χ4v) is 3.07. The highest BCUT2D eigenvalue weighted by molar-refractivity contribution is 5.81. The number of carbonyl (C=O) groups excluding carboxylic acids is 1. The fraction of sp³-hybridized carbons (Fsp3) is 0.611. The van der Waals surface area contributed by atoms with Gasteiger partial charge in [0.25, 0.3) is 0 Å². The largest absolute Gasteiger partial charge is 0.374 e. The molecule has 2 rings (SSSR count). The van der Waals surface area contributed by atoms with Crippen molar-refractivity contribution in [3.05, 3.63) is 35.6 Å². The van der Waals surface area contributed by atoms with Crippen molar-refractivity contribution in [2.24, 2.45) is 0 Å². The van der Waals surface area contributed by atoms with Gasteiger partial charge >= 0.3 is 0 Å². The van der Waals surface area contributed by atoms with E-state index in [4.69, 9.17) is 4.74 Å². The minimum atomic E-state index is -0.277. The SMILES string of the molecule is C[C@@H](C(=O)N(C)Cc1cccc(F)c1)N1CCO[C@@H](CN(C)C)C1. The number of nitrogens with zero attached hydrogens (tertiary/aromatic N) is 3. The predicted octanol–water partition coefficient (Wildman–Crippen LogP) is 1.44. The van der Waals surface area contributed by atoms with Crippen molar-refractivity contribution in [1.29, 1.82) is 0 Å². The average Bonchev–Trinajstić information content (AvgIpc) is 2.53. The fourth-order valence-electron chi connectivity index (χ4n) is 3.07.